The molecule has 0 N–H and O–H groups in total. The Morgan fingerprint density at radius 1 is 1.10 bits per heavy atom. The molecular weight excluding hydrogens is 422 g/mol. The summed E-state index contributed by atoms with van der Waals surface area (Å²) in [6.45, 7) is 1.72. The second kappa shape index (κ2) is 8.65. The van der Waals surface area contributed by atoms with E-state index in [4.69, 9.17) is 30.0 Å². The van der Waals surface area contributed by atoms with Crippen LogP contribution in [0.3, 0.4) is 0 Å². The number of fused-ring (bicyclic) bond motifs is 1. The molecular formula is C23H18ClNO6. The minimum absolute atomic E-state index is 0.0863. The minimum Gasteiger partial charge on any atom is -0.497 e. The fourth-order valence-electron chi connectivity index (χ4n) is 3.25. The van der Waals surface area contributed by atoms with Crippen LogP contribution in [0.5, 0.6) is 11.5 Å². The number of esters is 1. The number of hydrogen-bond acceptors (Lipinski definition) is 7. The molecule has 0 spiro atoms. The predicted molar refractivity (Wildman–Crippen MR) is 115 cm³/mol. The van der Waals surface area contributed by atoms with Gasteiger partial charge in [-0.05, 0) is 36.8 Å². The summed E-state index contributed by atoms with van der Waals surface area (Å²) >= 11 is 5.69. The van der Waals surface area contributed by atoms with Gasteiger partial charge in [-0.2, -0.15) is 0 Å². The number of halogens is 1. The van der Waals surface area contributed by atoms with Crippen LogP contribution in [0.15, 0.2) is 62.3 Å². The normalized spacial score (nSPS) is 10.9. The van der Waals surface area contributed by atoms with Crippen molar-refractivity contribution in [2.75, 3.05) is 7.11 Å². The van der Waals surface area contributed by atoms with Crippen LogP contribution in [-0.2, 0) is 11.2 Å². The van der Waals surface area contributed by atoms with E-state index in [1.54, 1.807) is 44.4 Å². The Kier molecular flexibility index (Phi) is 5.77. The molecule has 158 valence electrons. The number of ether oxygens (including phenoxy) is 2. The Bertz CT molecular complexity index is 1310. The van der Waals surface area contributed by atoms with Gasteiger partial charge in [-0.25, -0.2) is 0 Å². The number of hydrogen-bond donors (Lipinski definition) is 0. The summed E-state index contributed by atoms with van der Waals surface area (Å²) in [6, 6.07) is 13.4. The van der Waals surface area contributed by atoms with Crippen molar-refractivity contribution in [1.29, 1.82) is 0 Å². The van der Waals surface area contributed by atoms with Gasteiger partial charge >= 0.3 is 5.97 Å². The lowest BCUT2D eigenvalue weighted by molar-refractivity contribution is -0.134. The van der Waals surface area contributed by atoms with Crippen LogP contribution in [0.4, 0.5) is 0 Å². The molecule has 0 aliphatic rings. The van der Waals surface area contributed by atoms with Crippen LogP contribution in [0.25, 0.3) is 22.1 Å². The Morgan fingerprint density at radius 3 is 2.52 bits per heavy atom. The first-order chi connectivity index (χ1) is 14.9. The molecule has 0 amide bonds. The number of benzene rings is 2. The lowest BCUT2D eigenvalue weighted by Crippen LogP contribution is -2.10. The van der Waals surface area contributed by atoms with E-state index in [1.807, 2.05) is 12.1 Å². The molecule has 2 aromatic carbocycles. The minimum atomic E-state index is -0.458. The zero-order valence-electron chi connectivity index (χ0n) is 16.8. The predicted octanol–water partition coefficient (Wildman–Crippen LogP) is 4.96. The number of nitrogens with zero attached hydrogens (tertiary/aromatic N) is 1. The molecule has 0 atom stereocenters. The second-order valence-electron chi connectivity index (χ2n) is 6.84. The summed E-state index contributed by atoms with van der Waals surface area (Å²) in [7, 11) is 1.58. The summed E-state index contributed by atoms with van der Waals surface area (Å²) in [5.74, 6) is 1.49. The Hall–Kier alpha value is -3.58. The van der Waals surface area contributed by atoms with Crippen LogP contribution in [0.2, 0.25) is 5.15 Å². The molecule has 8 heteroatoms. The third kappa shape index (κ3) is 4.46. The van der Waals surface area contributed by atoms with Crippen molar-refractivity contribution in [2.24, 2.45) is 0 Å². The van der Waals surface area contributed by atoms with Gasteiger partial charge in [-0.1, -0.05) is 28.9 Å². The van der Waals surface area contributed by atoms with Crippen molar-refractivity contribution in [3.8, 4) is 22.6 Å². The highest BCUT2D eigenvalue weighted by Crippen LogP contribution is 2.27. The average Bonchev–Trinajstić information content (AvgIpc) is 3.18. The Labute approximate surface area is 182 Å². The summed E-state index contributed by atoms with van der Waals surface area (Å²) in [5.41, 5.74) is 1.39. The average molecular weight is 440 g/mol. The van der Waals surface area contributed by atoms with Gasteiger partial charge in [-0.3, -0.25) is 9.59 Å². The van der Waals surface area contributed by atoms with Crippen LogP contribution >= 0.6 is 11.6 Å². The molecule has 31 heavy (non-hydrogen) atoms. The second-order valence-corrected chi connectivity index (χ2v) is 7.23. The molecule has 0 aliphatic heterocycles. The van der Waals surface area contributed by atoms with Gasteiger partial charge in [0.2, 0.25) is 5.43 Å². The molecule has 0 aliphatic carbocycles. The molecule has 0 bridgehead atoms. The van der Waals surface area contributed by atoms with E-state index in [2.05, 4.69) is 5.16 Å². The van der Waals surface area contributed by atoms with E-state index in [0.29, 0.717) is 40.2 Å². The fourth-order valence-corrected chi connectivity index (χ4v) is 3.41. The van der Waals surface area contributed by atoms with Crippen LogP contribution in [0, 0.1) is 6.92 Å². The Morgan fingerprint density at radius 2 is 1.84 bits per heavy atom. The van der Waals surface area contributed by atoms with Gasteiger partial charge in [0.25, 0.3) is 0 Å². The van der Waals surface area contributed by atoms with Crippen molar-refractivity contribution in [3.05, 3.63) is 75.4 Å². The van der Waals surface area contributed by atoms with E-state index in [9.17, 15) is 9.59 Å². The number of aromatic nitrogens is 1. The quantitative estimate of drug-likeness (QED) is 0.310. The summed E-state index contributed by atoms with van der Waals surface area (Å²) < 4.78 is 21.4. The number of methoxy groups -OCH3 is 1. The monoisotopic (exact) mass is 439 g/mol. The number of rotatable bonds is 6. The molecule has 4 rings (SSSR count). The zero-order chi connectivity index (χ0) is 22.0. The molecule has 2 heterocycles. The van der Waals surface area contributed by atoms with Gasteiger partial charge in [0.1, 0.15) is 28.6 Å². The molecule has 2 aromatic heterocycles. The highest BCUT2D eigenvalue weighted by Gasteiger charge is 2.15. The van der Waals surface area contributed by atoms with Crippen molar-refractivity contribution < 1.29 is 23.2 Å². The van der Waals surface area contributed by atoms with Crippen LogP contribution in [-0.4, -0.2) is 18.2 Å². The van der Waals surface area contributed by atoms with Gasteiger partial charge in [-0.15, -0.1) is 0 Å². The first-order valence-corrected chi connectivity index (χ1v) is 9.86. The number of carbonyl (C=O) groups is 1. The SMILES string of the molecule is COc1ccc(-c2c(C)oc3cc(OC(=O)CCc4cc(Cl)no4)ccc3c2=O)cc1. The number of carbonyl (C=O) groups excluding carboxylic acids is 1. The maximum absolute atomic E-state index is 13.1. The highest BCUT2D eigenvalue weighted by molar-refractivity contribution is 6.29. The maximum Gasteiger partial charge on any atom is 0.311 e. The van der Waals surface area contributed by atoms with Crippen molar-refractivity contribution in [3.63, 3.8) is 0 Å². The summed E-state index contributed by atoms with van der Waals surface area (Å²) in [6.07, 6.45) is 0.397. The summed E-state index contributed by atoms with van der Waals surface area (Å²) in [5, 5.41) is 4.19. The maximum atomic E-state index is 13.1. The van der Waals surface area contributed by atoms with Crippen LogP contribution < -0.4 is 14.9 Å². The number of aryl methyl sites for hydroxylation is 2. The zero-order valence-corrected chi connectivity index (χ0v) is 17.6. The molecule has 0 saturated heterocycles. The third-order valence-electron chi connectivity index (χ3n) is 4.76. The van der Waals surface area contributed by atoms with Crippen molar-refractivity contribution >= 4 is 28.5 Å². The molecule has 0 radical (unpaired) electrons. The van der Waals surface area contributed by atoms with Gasteiger partial charge in [0.15, 0.2) is 5.15 Å². The standard InChI is InChI=1S/C23H18ClNO6/c1-13-22(14-3-5-15(28-2)6-4-14)23(27)18-9-7-16(11-19(18)29-13)30-21(26)10-8-17-12-20(24)25-31-17/h3-7,9,11-12H,8,10H2,1-2H3. The lowest BCUT2D eigenvalue weighted by Gasteiger charge is -2.09. The first-order valence-electron chi connectivity index (χ1n) is 9.48. The van der Waals surface area contributed by atoms with E-state index in [1.165, 1.54) is 6.07 Å². The topological polar surface area (TPSA) is 91.8 Å². The van der Waals surface area contributed by atoms with E-state index in [0.717, 1.165) is 5.56 Å². The third-order valence-corrected chi connectivity index (χ3v) is 4.93. The van der Waals surface area contributed by atoms with E-state index < -0.39 is 5.97 Å². The summed E-state index contributed by atoms with van der Waals surface area (Å²) in [4.78, 5) is 25.2. The van der Waals surface area contributed by atoms with Gasteiger partial charge in [0, 0.05) is 18.6 Å². The van der Waals surface area contributed by atoms with Gasteiger partial charge in [0.05, 0.1) is 24.5 Å². The highest BCUT2D eigenvalue weighted by atomic mass is 35.5. The van der Waals surface area contributed by atoms with Crippen LogP contribution in [0.1, 0.15) is 17.9 Å². The van der Waals surface area contributed by atoms with E-state index in [-0.39, 0.29) is 22.8 Å². The Balaban J connectivity index is 1.56. The molecule has 0 saturated carbocycles. The van der Waals surface area contributed by atoms with Gasteiger partial charge < -0.3 is 18.4 Å². The van der Waals surface area contributed by atoms with Crippen molar-refractivity contribution in [2.45, 2.75) is 19.8 Å². The van der Waals surface area contributed by atoms with E-state index >= 15 is 0 Å². The molecule has 7 nitrogen and oxygen atoms in total. The van der Waals surface area contributed by atoms with Crippen molar-refractivity contribution in [1.82, 2.24) is 5.16 Å². The smallest absolute Gasteiger partial charge is 0.311 e. The first kappa shape index (κ1) is 20.7. The molecule has 0 fully saturated rings. The lowest BCUT2D eigenvalue weighted by atomic mass is 10.0. The molecule has 0 unspecified atom stereocenters. The molecule has 4 aromatic rings. The largest absolute Gasteiger partial charge is 0.497 e. The fraction of sp³-hybridized carbons (Fsp3) is 0.174.